The van der Waals surface area contributed by atoms with Gasteiger partial charge < -0.3 is 14.6 Å². The molecule has 0 amide bonds. The molecule has 0 saturated carbocycles. The fourth-order valence-electron chi connectivity index (χ4n) is 1.09. The SMILES string of the molecule is COc1ccc(OC)c(S(=O)(=O)C(=O)O)c1. The summed E-state index contributed by atoms with van der Waals surface area (Å²) in [6.45, 7) is 0. The third-order valence-corrected chi connectivity index (χ3v) is 3.25. The Kier molecular flexibility index (Phi) is 3.38. The number of ether oxygens (including phenoxy) is 2. The molecule has 1 aromatic carbocycles. The first-order valence-electron chi connectivity index (χ1n) is 4.13. The maximum Gasteiger partial charge on any atom is 0.427 e. The van der Waals surface area contributed by atoms with Crippen molar-refractivity contribution in [2.45, 2.75) is 4.90 Å². The van der Waals surface area contributed by atoms with Gasteiger partial charge in [-0.25, -0.2) is 13.2 Å². The largest absolute Gasteiger partial charge is 0.497 e. The number of carboxylic acid groups (broad SMARTS) is 1. The Hall–Kier alpha value is -1.76. The van der Waals surface area contributed by atoms with Crippen molar-refractivity contribution in [2.24, 2.45) is 0 Å². The molecule has 0 aliphatic rings. The van der Waals surface area contributed by atoms with Gasteiger partial charge in [0.15, 0.2) is 0 Å². The Labute approximate surface area is 92.3 Å². The Morgan fingerprint density at radius 1 is 1.25 bits per heavy atom. The summed E-state index contributed by atoms with van der Waals surface area (Å²) in [7, 11) is -1.84. The molecule has 16 heavy (non-hydrogen) atoms. The van der Waals surface area contributed by atoms with E-state index in [0.29, 0.717) is 0 Å². The first-order chi connectivity index (χ1) is 7.43. The molecule has 0 radical (unpaired) electrons. The van der Waals surface area contributed by atoms with E-state index in [9.17, 15) is 13.2 Å². The quantitative estimate of drug-likeness (QED) is 0.860. The summed E-state index contributed by atoms with van der Waals surface area (Å²) < 4.78 is 32.5. The highest BCUT2D eigenvalue weighted by atomic mass is 32.2. The lowest BCUT2D eigenvalue weighted by atomic mass is 10.3. The van der Waals surface area contributed by atoms with Gasteiger partial charge in [-0.2, -0.15) is 0 Å². The van der Waals surface area contributed by atoms with Crippen LogP contribution in [0.25, 0.3) is 0 Å². The first kappa shape index (κ1) is 12.3. The summed E-state index contributed by atoms with van der Waals surface area (Å²) in [5.41, 5.74) is 0. The third-order valence-electron chi connectivity index (χ3n) is 1.89. The lowest BCUT2D eigenvalue weighted by molar-refractivity contribution is 0.219. The van der Waals surface area contributed by atoms with E-state index in [0.717, 1.165) is 6.07 Å². The average molecular weight is 246 g/mol. The Balaban J connectivity index is 3.47. The minimum Gasteiger partial charge on any atom is -0.497 e. The molecule has 0 fully saturated rings. The van der Waals surface area contributed by atoms with Gasteiger partial charge in [-0.15, -0.1) is 0 Å². The van der Waals surface area contributed by atoms with Crippen LogP contribution in [0.4, 0.5) is 4.79 Å². The molecule has 88 valence electrons. The zero-order valence-corrected chi connectivity index (χ0v) is 9.45. The minimum atomic E-state index is -4.44. The molecule has 7 heteroatoms. The van der Waals surface area contributed by atoms with Gasteiger partial charge in [0.2, 0.25) is 0 Å². The average Bonchev–Trinajstić information content (AvgIpc) is 2.27. The van der Waals surface area contributed by atoms with E-state index in [1.165, 1.54) is 26.4 Å². The van der Waals surface area contributed by atoms with Gasteiger partial charge in [0, 0.05) is 6.07 Å². The molecule has 0 spiro atoms. The minimum absolute atomic E-state index is 0.0387. The molecule has 0 aliphatic heterocycles. The van der Waals surface area contributed by atoms with Crippen LogP contribution in [0.1, 0.15) is 0 Å². The zero-order valence-electron chi connectivity index (χ0n) is 8.63. The maximum absolute atomic E-state index is 11.4. The number of sulfone groups is 1. The summed E-state index contributed by atoms with van der Waals surface area (Å²) in [6, 6.07) is 3.90. The molecular weight excluding hydrogens is 236 g/mol. The molecule has 0 bridgehead atoms. The number of hydrogen-bond donors (Lipinski definition) is 1. The number of carbonyl (C=O) groups is 1. The van der Waals surface area contributed by atoms with Gasteiger partial charge in [0.05, 0.1) is 14.2 Å². The molecule has 0 aliphatic carbocycles. The number of methoxy groups -OCH3 is 2. The maximum atomic E-state index is 11.4. The lowest BCUT2D eigenvalue weighted by Crippen LogP contribution is -2.13. The number of rotatable bonds is 3. The van der Waals surface area contributed by atoms with E-state index in [1.54, 1.807) is 0 Å². The van der Waals surface area contributed by atoms with Crippen LogP contribution in [0.15, 0.2) is 23.1 Å². The topological polar surface area (TPSA) is 89.9 Å². The van der Waals surface area contributed by atoms with E-state index in [2.05, 4.69) is 0 Å². The molecule has 1 N–H and O–H groups in total. The van der Waals surface area contributed by atoms with Gasteiger partial charge >= 0.3 is 5.30 Å². The van der Waals surface area contributed by atoms with Crippen LogP contribution in [0.3, 0.4) is 0 Å². The van der Waals surface area contributed by atoms with Crippen molar-refractivity contribution in [1.82, 2.24) is 0 Å². The Morgan fingerprint density at radius 3 is 2.31 bits per heavy atom. The van der Waals surface area contributed by atoms with Crippen LogP contribution >= 0.6 is 0 Å². The second-order valence-electron chi connectivity index (χ2n) is 2.79. The summed E-state index contributed by atoms with van der Waals surface area (Å²) in [4.78, 5) is 10.2. The highest BCUT2D eigenvalue weighted by Gasteiger charge is 2.28. The fourth-order valence-corrected chi connectivity index (χ4v) is 1.96. The summed E-state index contributed by atoms with van der Waals surface area (Å²) >= 11 is 0. The van der Waals surface area contributed by atoms with Crippen molar-refractivity contribution in [2.75, 3.05) is 14.2 Å². The van der Waals surface area contributed by atoms with Crippen LogP contribution in [-0.4, -0.2) is 33.0 Å². The lowest BCUT2D eigenvalue weighted by Gasteiger charge is -2.08. The van der Waals surface area contributed by atoms with Crippen LogP contribution in [-0.2, 0) is 9.84 Å². The molecule has 0 aromatic heterocycles. The second kappa shape index (κ2) is 4.40. The van der Waals surface area contributed by atoms with E-state index in [4.69, 9.17) is 14.6 Å². The molecule has 6 nitrogen and oxygen atoms in total. The van der Waals surface area contributed by atoms with E-state index < -0.39 is 20.0 Å². The van der Waals surface area contributed by atoms with Gasteiger partial charge in [0.1, 0.15) is 16.4 Å². The smallest absolute Gasteiger partial charge is 0.427 e. The molecule has 0 heterocycles. The van der Waals surface area contributed by atoms with E-state index in [1.807, 2.05) is 0 Å². The normalized spacial score (nSPS) is 10.9. The molecule has 1 rings (SSSR count). The van der Waals surface area contributed by atoms with Crippen molar-refractivity contribution in [3.8, 4) is 11.5 Å². The summed E-state index contributed by atoms with van der Waals surface area (Å²) in [5, 5.41) is 6.66. The van der Waals surface area contributed by atoms with Crippen LogP contribution in [0.5, 0.6) is 11.5 Å². The van der Waals surface area contributed by atoms with Gasteiger partial charge in [-0.3, -0.25) is 0 Å². The van der Waals surface area contributed by atoms with Gasteiger partial charge in [-0.1, -0.05) is 0 Å². The predicted octanol–water partition coefficient (Wildman–Crippen LogP) is 1.16. The monoisotopic (exact) mass is 246 g/mol. The predicted molar refractivity (Wildman–Crippen MR) is 54.8 cm³/mol. The van der Waals surface area contributed by atoms with Crippen molar-refractivity contribution in [3.05, 3.63) is 18.2 Å². The van der Waals surface area contributed by atoms with Gasteiger partial charge in [-0.05, 0) is 12.1 Å². The van der Waals surface area contributed by atoms with E-state index in [-0.39, 0.29) is 11.5 Å². The molecular formula is C9H10O6S. The first-order valence-corrected chi connectivity index (χ1v) is 5.62. The number of benzene rings is 1. The molecule has 1 aromatic rings. The van der Waals surface area contributed by atoms with Crippen molar-refractivity contribution >= 4 is 15.1 Å². The molecule has 0 saturated heterocycles. The number of hydrogen-bond acceptors (Lipinski definition) is 5. The highest BCUT2D eigenvalue weighted by Crippen LogP contribution is 2.29. The van der Waals surface area contributed by atoms with Crippen molar-refractivity contribution in [1.29, 1.82) is 0 Å². The van der Waals surface area contributed by atoms with Crippen molar-refractivity contribution in [3.63, 3.8) is 0 Å². The summed E-state index contributed by atoms with van der Waals surface area (Å²) in [6.07, 6.45) is 0. The second-order valence-corrected chi connectivity index (χ2v) is 4.58. The molecule has 0 unspecified atom stereocenters. The Bertz CT molecular complexity index is 505. The summed E-state index contributed by atoms with van der Waals surface area (Å²) in [5.74, 6) is 0.198. The van der Waals surface area contributed by atoms with Gasteiger partial charge in [0.25, 0.3) is 9.84 Å². The zero-order chi connectivity index (χ0) is 12.3. The van der Waals surface area contributed by atoms with Crippen molar-refractivity contribution < 1.29 is 27.8 Å². The third kappa shape index (κ3) is 2.08. The standard InChI is InChI=1S/C9H10O6S/c1-14-6-3-4-7(15-2)8(5-6)16(12,13)9(10)11/h3-5H,1-2H3,(H,10,11). The van der Waals surface area contributed by atoms with Crippen LogP contribution in [0, 0.1) is 0 Å². The van der Waals surface area contributed by atoms with Crippen LogP contribution < -0.4 is 9.47 Å². The van der Waals surface area contributed by atoms with Crippen LogP contribution in [0.2, 0.25) is 0 Å². The highest BCUT2D eigenvalue weighted by molar-refractivity contribution is 8.05. The Morgan fingerprint density at radius 2 is 1.88 bits per heavy atom. The van der Waals surface area contributed by atoms with E-state index >= 15 is 0 Å². The molecule has 0 atom stereocenters. The fraction of sp³-hybridized carbons (Fsp3) is 0.222.